The van der Waals surface area contributed by atoms with Crippen molar-refractivity contribution in [2.24, 2.45) is 0 Å². The van der Waals surface area contributed by atoms with E-state index < -0.39 is 0 Å². The first kappa shape index (κ1) is 16.6. The van der Waals surface area contributed by atoms with Crippen molar-refractivity contribution >= 4 is 27.2 Å². The van der Waals surface area contributed by atoms with Gasteiger partial charge in [-0.2, -0.15) is 0 Å². The number of aromatic nitrogens is 4. The van der Waals surface area contributed by atoms with E-state index >= 15 is 0 Å². The maximum Gasteiger partial charge on any atom is 0.268 e. The number of pyridine rings is 1. The number of imidazole rings is 1. The molecule has 0 saturated carbocycles. The van der Waals surface area contributed by atoms with Gasteiger partial charge in [0.2, 0.25) is 0 Å². The predicted molar refractivity (Wildman–Crippen MR) is 106 cm³/mol. The largest absolute Gasteiger partial charge is 0.308 e. The van der Waals surface area contributed by atoms with Gasteiger partial charge in [-0.15, -0.1) is 11.3 Å². The van der Waals surface area contributed by atoms with Crippen molar-refractivity contribution in [3.63, 3.8) is 0 Å². The van der Waals surface area contributed by atoms with Crippen LogP contribution in [0.1, 0.15) is 11.5 Å². The quantitative estimate of drug-likeness (QED) is 0.586. The van der Waals surface area contributed by atoms with Gasteiger partial charge in [0, 0.05) is 45.1 Å². The number of hydrogen-bond donors (Lipinski definition) is 1. The average molecular weight is 380 g/mol. The Balaban J connectivity index is 1.21. The Hall–Kier alpha value is -2.55. The van der Waals surface area contributed by atoms with Crippen LogP contribution in [0.5, 0.6) is 0 Å². The standard InChI is InChI=1S/C19H20N6OS/c26-19-18-15(4-10-27-18)21-16(22-19)13-24-8-6-23(7-9-24)11-14-12-25-5-2-1-3-17(25)20-14/h1-5,10,12H,6-9,11,13H2,(H,21,22,26). The van der Waals surface area contributed by atoms with E-state index in [1.807, 2.05) is 35.8 Å². The first-order valence-corrected chi connectivity index (χ1v) is 9.96. The molecule has 0 unspecified atom stereocenters. The van der Waals surface area contributed by atoms with Crippen LogP contribution in [0.4, 0.5) is 0 Å². The summed E-state index contributed by atoms with van der Waals surface area (Å²) in [5, 5.41) is 1.91. The lowest BCUT2D eigenvalue weighted by Crippen LogP contribution is -2.45. The molecule has 0 aromatic carbocycles. The highest BCUT2D eigenvalue weighted by Crippen LogP contribution is 2.15. The number of thiophene rings is 1. The number of rotatable bonds is 4. The van der Waals surface area contributed by atoms with Crippen molar-refractivity contribution in [2.45, 2.75) is 13.1 Å². The summed E-state index contributed by atoms with van der Waals surface area (Å²) >= 11 is 1.44. The van der Waals surface area contributed by atoms with Gasteiger partial charge in [0.05, 0.1) is 17.8 Å². The number of H-pyrrole nitrogens is 1. The molecule has 1 saturated heterocycles. The van der Waals surface area contributed by atoms with Gasteiger partial charge < -0.3 is 9.38 Å². The summed E-state index contributed by atoms with van der Waals surface area (Å²) in [4.78, 5) is 29.1. The van der Waals surface area contributed by atoms with E-state index in [1.54, 1.807) is 0 Å². The van der Waals surface area contributed by atoms with Crippen LogP contribution >= 0.6 is 11.3 Å². The average Bonchev–Trinajstić information content (AvgIpc) is 3.29. The molecule has 8 heteroatoms. The van der Waals surface area contributed by atoms with Gasteiger partial charge in [0.1, 0.15) is 16.2 Å². The molecule has 0 atom stereocenters. The predicted octanol–water partition coefficient (Wildman–Crippen LogP) is 1.95. The van der Waals surface area contributed by atoms with Gasteiger partial charge in [-0.3, -0.25) is 14.6 Å². The lowest BCUT2D eigenvalue weighted by molar-refractivity contribution is 0.119. The minimum atomic E-state index is -0.0320. The van der Waals surface area contributed by atoms with Crippen LogP contribution in [0.3, 0.4) is 0 Å². The number of nitrogens with zero attached hydrogens (tertiary/aromatic N) is 5. The van der Waals surface area contributed by atoms with E-state index in [9.17, 15) is 4.79 Å². The normalized spacial score (nSPS) is 16.4. The zero-order chi connectivity index (χ0) is 18.2. The molecule has 138 valence electrons. The first-order valence-electron chi connectivity index (χ1n) is 9.08. The molecule has 0 bridgehead atoms. The van der Waals surface area contributed by atoms with Gasteiger partial charge in [0.25, 0.3) is 5.56 Å². The molecule has 1 aliphatic heterocycles. The zero-order valence-electron chi connectivity index (χ0n) is 14.8. The van der Waals surface area contributed by atoms with Crippen LogP contribution in [0.15, 0.2) is 46.8 Å². The van der Waals surface area contributed by atoms with Gasteiger partial charge in [-0.05, 0) is 23.6 Å². The second-order valence-corrected chi connectivity index (χ2v) is 7.81. The number of nitrogens with one attached hydrogen (secondary N) is 1. The highest BCUT2D eigenvalue weighted by molar-refractivity contribution is 7.17. The van der Waals surface area contributed by atoms with Crippen LogP contribution in [-0.4, -0.2) is 55.3 Å². The topological polar surface area (TPSA) is 69.5 Å². The van der Waals surface area contributed by atoms with Crippen molar-refractivity contribution in [3.8, 4) is 0 Å². The molecule has 1 N–H and O–H groups in total. The van der Waals surface area contributed by atoms with Gasteiger partial charge in [-0.25, -0.2) is 9.97 Å². The number of fused-ring (bicyclic) bond motifs is 2. The summed E-state index contributed by atoms with van der Waals surface area (Å²) in [6.07, 6.45) is 4.13. The summed E-state index contributed by atoms with van der Waals surface area (Å²) in [6.45, 7) is 5.43. The maximum absolute atomic E-state index is 12.1. The summed E-state index contributed by atoms with van der Waals surface area (Å²) in [5.74, 6) is 0.750. The highest BCUT2D eigenvalue weighted by Gasteiger charge is 2.19. The lowest BCUT2D eigenvalue weighted by atomic mass is 10.3. The van der Waals surface area contributed by atoms with E-state index in [1.165, 1.54) is 11.3 Å². The van der Waals surface area contributed by atoms with E-state index in [0.29, 0.717) is 11.2 Å². The number of aromatic amines is 1. The van der Waals surface area contributed by atoms with Gasteiger partial charge >= 0.3 is 0 Å². The minimum absolute atomic E-state index is 0.0320. The minimum Gasteiger partial charge on any atom is -0.308 e. The molecule has 5 heterocycles. The molecule has 1 fully saturated rings. The molecule has 0 aliphatic carbocycles. The molecule has 4 aromatic rings. The maximum atomic E-state index is 12.1. The first-order chi connectivity index (χ1) is 13.2. The summed E-state index contributed by atoms with van der Waals surface area (Å²) in [6, 6.07) is 7.96. The third-order valence-electron chi connectivity index (χ3n) is 5.00. The Bertz CT molecular complexity index is 1100. The second kappa shape index (κ2) is 6.88. The molecular formula is C19H20N6OS. The molecule has 0 spiro atoms. The molecule has 7 nitrogen and oxygen atoms in total. The van der Waals surface area contributed by atoms with Crippen LogP contribution in [0.2, 0.25) is 0 Å². The monoisotopic (exact) mass is 380 g/mol. The number of piperazine rings is 1. The second-order valence-electron chi connectivity index (χ2n) is 6.90. The Labute approximate surface area is 159 Å². The molecule has 5 rings (SSSR count). The van der Waals surface area contributed by atoms with Crippen LogP contribution in [-0.2, 0) is 13.1 Å². The Morgan fingerprint density at radius 3 is 2.67 bits per heavy atom. The van der Waals surface area contributed by atoms with Crippen molar-refractivity contribution in [1.29, 1.82) is 0 Å². The zero-order valence-corrected chi connectivity index (χ0v) is 15.7. The van der Waals surface area contributed by atoms with Crippen molar-refractivity contribution < 1.29 is 0 Å². The smallest absolute Gasteiger partial charge is 0.268 e. The molecule has 1 aliphatic rings. The van der Waals surface area contributed by atoms with Crippen LogP contribution in [0, 0.1) is 0 Å². The Morgan fingerprint density at radius 1 is 1.04 bits per heavy atom. The molecule has 0 radical (unpaired) electrons. The fraction of sp³-hybridized carbons (Fsp3) is 0.316. The molecular weight excluding hydrogens is 360 g/mol. The van der Waals surface area contributed by atoms with Crippen molar-refractivity contribution in [3.05, 3.63) is 63.9 Å². The van der Waals surface area contributed by atoms with E-state index in [-0.39, 0.29) is 5.56 Å². The van der Waals surface area contributed by atoms with Gasteiger partial charge in [-0.1, -0.05) is 6.07 Å². The SMILES string of the molecule is O=c1[nH]c(CN2CCN(Cc3cn4ccccc4n3)CC2)nc2ccsc12. The van der Waals surface area contributed by atoms with Gasteiger partial charge in [0.15, 0.2) is 0 Å². The highest BCUT2D eigenvalue weighted by atomic mass is 32.1. The van der Waals surface area contributed by atoms with E-state index in [0.717, 1.165) is 55.4 Å². The summed E-state index contributed by atoms with van der Waals surface area (Å²) in [7, 11) is 0. The Morgan fingerprint density at radius 2 is 1.85 bits per heavy atom. The third-order valence-corrected chi connectivity index (χ3v) is 5.90. The molecule has 4 aromatic heterocycles. The van der Waals surface area contributed by atoms with Crippen LogP contribution < -0.4 is 5.56 Å². The third kappa shape index (κ3) is 3.39. The van der Waals surface area contributed by atoms with Crippen molar-refractivity contribution in [2.75, 3.05) is 26.2 Å². The number of hydrogen-bond acceptors (Lipinski definition) is 6. The molecule has 0 amide bonds. The van der Waals surface area contributed by atoms with E-state index in [2.05, 4.69) is 35.3 Å². The molecule has 27 heavy (non-hydrogen) atoms. The van der Waals surface area contributed by atoms with E-state index in [4.69, 9.17) is 0 Å². The fourth-order valence-electron chi connectivity index (χ4n) is 3.61. The lowest BCUT2D eigenvalue weighted by Gasteiger charge is -2.33. The Kier molecular flexibility index (Phi) is 4.23. The summed E-state index contributed by atoms with van der Waals surface area (Å²) in [5.41, 5.74) is 2.85. The van der Waals surface area contributed by atoms with Crippen LogP contribution in [0.25, 0.3) is 15.9 Å². The fourth-order valence-corrected chi connectivity index (χ4v) is 4.33. The van der Waals surface area contributed by atoms with Crippen molar-refractivity contribution in [1.82, 2.24) is 29.2 Å². The summed E-state index contributed by atoms with van der Waals surface area (Å²) < 4.78 is 2.77.